The van der Waals surface area contributed by atoms with Gasteiger partial charge in [-0.2, -0.15) is 0 Å². The van der Waals surface area contributed by atoms with Gasteiger partial charge in [0.15, 0.2) is 0 Å². The average Bonchev–Trinajstić information content (AvgIpc) is 2.77. The molecule has 1 amide bonds. The number of ether oxygens (including phenoxy) is 1. The standard InChI is InChI=1S/C23H23N3O3/c1-29-22-20(8-5-11-24-22)23(28)26-13-10-18-14-21(27)25(15-19(18)16-26)12-9-17-6-3-2-4-7-17/h2-8,11,14-15H,9-10,12-13,16H2,1H3. The van der Waals surface area contributed by atoms with Crippen molar-refractivity contribution in [3.05, 3.63) is 93.5 Å². The maximum atomic E-state index is 13.0. The van der Waals surface area contributed by atoms with Crippen molar-refractivity contribution in [2.75, 3.05) is 13.7 Å². The highest BCUT2D eigenvalue weighted by Gasteiger charge is 2.25. The number of carbonyl (C=O) groups excluding carboxylic acids is 1. The number of carbonyl (C=O) groups is 1. The third kappa shape index (κ3) is 4.06. The predicted molar refractivity (Wildman–Crippen MR) is 110 cm³/mol. The SMILES string of the molecule is COc1ncccc1C(=O)N1CCc2cc(=O)n(CCc3ccccc3)cc2C1. The zero-order valence-electron chi connectivity index (χ0n) is 16.4. The number of hydrogen-bond donors (Lipinski definition) is 0. The molecule has 1 aliphatic rings. The minimum absolute atomic E-state index is 0.00777. The molecule has 0 fully saturated rings. The molecule has 6 nitrogen and oxygen atoms in total. The smallest absolute Gasteiger partial charge is 0.259 e. The van der Waals surface area contributed by atoms with Crippen LogP contribution in [0.3, 0.4) is 0 Å². The Balaban J connectivity index is 1.54. The normalized spacial score (nSPS) is 13.1. The molecule has 0 saturated heterocycles. The lowest BCUT2D eigenvalue weighted by Gasteiger charge is -2.29. The summed E-state index contributed by atoms with van der Waals surface area (Å²) in [4.78, 5) is 31.4. The van der Waals surface area contributed by atoms with Gasteiger partial charge in [0.05, 0.1) is 7.11 Å². The number of fused-ring (bicyclic) bond motifs is 1. The first-order valence-corrected chi connectivity index (χ1v) is 9.70. The molecule has 29 heavy (non-hydrogen) atoms. The lowest BCUT2D eigenvalue weighted by Crippen LogP contribution is -2.37. The Labute approximate surface area is 169 Å². The van der Waals surface area contributed by atoms with Gasteiger partial charge in [0, 0.05) is 38.1 Å². The highest BCUT2D eigenvalue weighted by atomic mass is 16.5. The van der Waals surface area contributed by atoms with Gasteiger partial charge in [-0.25, -0.2) is 4.98 Å². The first-order valence-electron chi connectivity index (χ1n) is 9.70. The van der Waals surface area contributed by atoms with Crippen LogP contribution in [0.25, 0.3) is 0 Å². The number of pyridine rings is 2. The van der Waals surface area contributed by atoms with Crippen molar-refractivity contribution in [1.82, 2.24) is 14.5 Å². The van der Waals surface area contributed by atoms with Gasteiger partial charge in [-0.3, -0.25) is 9.59 Å². The average molecular weight is 389 g/mol. The van der Waals surface area contributed by atoms with Crippen LogP contribution in [-0.4, -0.2) is 34.0 Å². The number of methoxy groups -OCH3 is 1. The summed E-state index contributed by atoms with van der Waals surface area (Å²) in [7, 11) is 1.51. The largest absolute Gasteiger partial charge is 0.480 e. The molecule has 3 heterocycles. The van der Waals surface area contributed by atoms with Gasteiger partial charge in [-0.1, -0.05) is 30.3 Å². The van der Waals surface area contributed by atoms with Crippen LogP contribution in [0.2, 0.25) is 0 Å². The molecule has 0 atom stereocenters. The van der Waals surface area contributed by atoms with E-state index in [1.165, 1.54) is 12.7 Å². The van der Waals surface area contributed by atoms with E-state index in [-0.39, 0.29) is 11.5 Å². The van der Waals surface area contributed by atoms with Gasteiger partial charge in [0.1, 0.15) is 5.56 Å². The van der Waals surface area contributed by atoms with Crippen LogP contribution in [0, 0.1) is 0 Å². The molecule has 0 radical (unpaired) electrons. The number of amides is 1. The van der Waals surface area contributed by atoms with E-state index >= 15 is 0 Å². The summed E-state index contributed by atoms with van der Waals surface area (Å²) in [6, 6.07) is 15.3. The summed E-state index contributed by atoms with van der Waals surface area (Å²) in [5.74, 6) is 0.221. The number of aromatic nitrogens is 2. The number of nitrogens with zero attached hydrogens (tertiary/aromatic N) is 3. The number of rotatable bonds is 5. The summed E-state index contributed by atoms with van der Waals surface area (Å²) in [6.07, 6.45) is 4.96. The second kappa shape index (κ2) is 8.31. The van der Waals surface area contributed by atoms with Crippen LogP contribution in [-0.2, 0) is 25.9 Å². The van der Waals surface area contributed by atoms with Gasteiger partial charge in [0.2, 0.25) is 5.88 Å². The number of benzene rings is 1. The Morgan fingerprint density at radius 1 is 1.14 bits per heavy atom. The molecule has 0 N–H and O–H groups in total. The van der Waals surface area contributed by atoms with Crippen molar-refractivity contribution in [3.8, 4) is 5.88 Å². The zero-order valence-corrected chi connectivity index (χ0v) is 16.4. The van der Waals surface area contributed by atoms with Crippen LogP contribution < -0.4 is 10.3 Å². The fraction of sp³-hybridized carbons (Fsp3) is 0.261. The Morgan fingerprint density at radius 3 is 2.76 bits per heavy atom. The molecule has 2 aromatic heterocycles. The van der Waals surface area contributed by atoms with E-state index in [1.807, 2.05) is 24.4 Å². The molecule has 6 heteroatoms. The molecule has 4 rings (SSSR count). The first-order chi connectivity index (χ1) is 14.2. The zero-order chi connectivity index (χ0) is 20.2. The van der Waals surface area contributed by atoms with Crippen molar-refractivity contribution >= 4 is 5.91 Å². The number of aryl methyl sites for hydroxylation is 2. The van der Waals surface area contributed by atoms with E-state index in [0.29, 0.717) is 37.5 Å². The fourth-order valence-electron chi connectivity index (χ4n) is 3.70. The van der Waals surface area contributed by atoms with E-state index in [9.17, 15) is 9.59 Å². The maximum absolute atomic E-state index is 13.0. The van der Waals surface area contributed by atoms with E-state index in [2.05, 4.69) is 17.1 Å². The van der Waals surface area contributed by atoms with Crippen LogP contribution in [0.4, 0.5) is 0 Å². The van der Waals surface area contributed by atoms with E-state index < -0.39 is 0 Å². The van der Waals surface area contributed by atoms with Gasteiger partial charge in [-0.15, -0.1) is 0 Å². The van der Waals surface area contributed by atoms with E-state index in [0.717, 1.165) is 17.5 Å². The molecule has 3 aromatic rings. The summed E-state index contributed by atoms with van der Waals surface area (Å²) in [5.41, 5.74) is 3.69. The lowest BCUT2D eigenvalue weighted by atomic mass is 10.0. The minimum Gasteiger partial charge on any atom is -0.480 e. The molecule has 1 aliphatic heterocycles. The topological polar surface area (TPSA) is 64.4 Å². The molecule has 1 aromatic carbocycles. The maximum Gasteiger partial charge on any atom is 0.259 e. The summed E-state index contributed by atoms with van der Waals surface area (Å²) in [5, 5.41) is 0. The van der Waals surface area contributed by atoms with E-state index in [4.69, 9.17) is 4.74 Å². The fourth-order valence-corrected chi connectivity index (χ4v) is 3.70. The van der Waals surface area contributed by atoms with Crippen molar-refractivity contribution in [2.45, 2.75) is 25.9 Å². The Kier molecular flexibility index (Phi) is 5.42. The van der Waals surface area contributed by atoms with E-state index in [1.54, 1.807) is 33.9 Å². The minimum atomic E-state index is -0.109. The molecule has 0 unspecified atom stereocenters. The monoisotopic (exact) mass is 389 g/mol. The van der Waals surface area contributed by atoms with Crippen LogP contribution >= 0.6 is 0 Å². The van der Waals surface area contributed by atoms with Gasteiger partial charge in [-0.05, 0) is 41.7 Å². The summed E-state index contributed by atoms with van der Waals surface area (Å²) >= 11 is 0. The van der Waals surface area contributed by atoms with Crippen molar-refractivity contribution < 1.29 is 9.53 Å². The van der Waals surface area contributed by atoms with Crippen LogP contribution in [0.1, 0.15) is 27.0 Å². The van der Waals surface area contributed by atoms with Crippen molar-refractivity contribution in [2.24, 2.45) is 0 Å². The second-order valence-electron chi connectivity index (χ2n) is 7.13. The quantitative estimate of drug-likeness (QED) is 0.673. The molecule has 148 valence electrons. The molecule has 0 aliphatic carbocycles. The van der Waals surface area contributed by atoms with Crippen molar-refractivity contribution in [3.63, 3.8) is 0 Å². The predicted octanol–water partition coefficient (Wildman–Crippen LogP) is 2.69. The van der Waals surface area contributed by atoms with Gasteiger partial charge >= 0.3 is 0 Å². The molecular formula is C23H23N3O3. The highest BCUT2D eigenvalue weighted by Crippen LogP contribution is 2.22. The Hall–Kier alpha value is -3.41. The lowest BCUT2D eigenvalue weighted by molar-refractivity contribution is 0.0730. The summed E-state index contributed by atoms with van der Waals surface area (Å²) in [6.45, 7) is 1.65. The molecule has 0 bridgehead atoms. The highest BCUT2D eigenvalue weighted by molar-refractivity contribution is 5.96. The van der Waals surface area contributed by atoms with Gasteiger partial charge in [0.25, 0.3) is 11.5 Å². The second-order valence-corrected chi connectivity index (χ2v) is 7.13. The Morgan fingerprint density at radius 2 is 1.97 bits per heavy atom. The summed E-state index contributed by atoms with van der Waals surface area (Å²) < 4.78 is 6.97. The van der Waals surface area contributed by atoms with Crippen molar-refractivity contribution in [1.29, 1.82) is 0 Å². The van der Waals surface area contributed by atoms with Gasteiger partial charge < -0.3 is 14.2 Å². The number of hydrogen-bond acceptors (Lipinski definition) is 4. The molecular weight excluding hydrogens is 366 g/mol. The van der Waals surface area contributed by atoms with Crippen LogP contribution in [0.5, 0.6) is 5.88 Å². The molecule has 0 spiro atoms. The Bertz CT molecular complexity index is 1080. The molecule has 0 saturated carbocycles. The third-order valence-corrected chi connectivity index (χ3v) is 5.28. The first kappa shape index (κ1) is 18.9. The van der Waals surface area contributed by atoms with Crippen LogP contribution in [0.15, 0.2) is 65.7 Å². The third-order valence-electron chi connectivity index (χ3n) is 5.28.